The molecule has 0 fully saturated rings. The quantitative estimate of drug-likeness (QED) is 0.816. The summed E-state index contributed by atoms with van der Waals surface area (Å²) in [4.78, 5) is 23.1. The Balaban J connectivity index is 1.95. The molecule has 0 radical (unpaired) electrons. The van der Waals surface area contributed by atoms with Gasteiger partial charge in [-0.25, -0.2) is 15.0 Å². The molecular weight excluding hydrogens is 226 g/mol. The summed E-state index contributed by atoms with van der Waals surface area (Å²) in [6.45, 7) is 0. The van der Waals surface area contributed by atoms with Crippen LogP contribution in [0.25, 0.3) is 0 Å². The number of amides is 1. The highest BCUT2D eigenvalue weighted by atomic mass is 32.1. The van der Waals surface area contributed by atoms with Crippen LogP contribution < -0.4 is 11.1 Å². The smallest absolute Gasteiger partial charge is 0.230 e. The summed E-state index contributed by atoms with van der Waals surface area (Å²) >= 11 is 1.31. The van der Waals surface area contributed by atoms with Gasteiger partial charge in [-0.15, -0.1) is 11.3 Å². The topological polar surface area (TPSA) is 93.8 Å². The second-order valence-electron chi connectivity index (χ2n) is 3.03. The summed E-state index contributed by atoms with van der Waals surface area (Å²) < 4.78 is 0. The first-order valence-corrected chi connectivity index (χ1v) is 5.37. The van der Waals surface area contributed by atoms with Gasteiger partial charge < -0.3 is 11.1 Å². The van der Waals surface area contributed by atoms with Gasteiger partial charge in [0.2, 0.25) is 5.91 Å². The van der Waals surface area contributed by atoms with Crippen LogP contribution in [-0.2, 0) is 11.2 Å². The van der Waals surface area contributed by atoms with Crippen molar-refractivity contribution in [3.8, 4) is 0 Å². The molecule has 6 nitrogen and oxygen atoms in total. The second-order valence-corrected chi connectivity index (χ2v) is 3.92. The Hall–Kier alpha value is -2.02. The number of nitrogens with zero attached hydrogens (tertiary/aromatic N) is 3. The van der Waals surface area contributed by atoms with E-state index in [1.807, 2.05) is 0 Å². The van der Waals surface area contributed by atoms with E-state index in [0.717, 1.165) is 0 Å². The molecule has 0 unspecified atom stereocenters. The Bertz CT molecular complexity index is 484. The SMILES string of the molecule is Nc1nc(CC(=O)Nc2cncnc2)cs1. The van der Waals surface area contributed by atoms with Crippen LogP contribution in [0.4, 0.5) is 10.8 Å². The lowest BCUT2D eigenvalue weighted by Crippen LogP contribution is -2.14. The second kappa shape index (κ2) is 4.67. The number of aromatic nitrogens is 3. The standard InChI is InChI=1S/C9H9N5OS/c10-9-14-6(4-16-9)1-8(15)13-7-2-11-5-12-3-7/h2-5H,1H2,(H2,10,14)(H,13,15). The highest BCUT2D eigenvalue weighted by Crippen LogP contribution is 2.12. The Labute approximate surface area is 95.6 Å². The van der Waals surface area contributed by atoms with Crippen LogP contribution in [0.3, 0.4) is 0 Å². The molecule has 0 bridgehead atoms. The number of carbonyl (C=O) groups is 1. The van der Waals surface area contributed by atoms with E-state index in [2.05, 4.69) is 20.3 Å². The van der Waals surface area contributed by atoms with Crippen molar-refractivity contribution < 1.29 is 4.79 Å². The molecule has 16 heavy (non-hydrogen) atoms. The van der Waals surface area contributed by atoms with Gasteiger partial charge in [-0.2, -0.15) is 0 Å². The minimum absolute atomic E-state index is 0.167. The fraction of sp³-hybridized carbons (Fsp3) is 0.111. The van der Waals surface area contributed by atoms with E-state index in [0.29, 0.717) is 16.5 Å². The lowest BCUT2D eigenvalue weighted by molar-refractivity contribution is -0.115. The predicted molar refractivity (Wildman–Crippen MR) is 60.9 cm³/mol. The third-order valence-corrected chi connectivity index (χ3v) is 2.48. The molecule has 0 aromatic carbocycles. The summed E-state index contributed by atoms with van der Waals surface area (Å²) in [6, 6.07) is 0. The number of thiazole rings is 1. The van der Waals surface area contributed by atoms with Crippen LogP contribution in [0.15, 0.2) is 24.1 Å². The van der Waals surface area contributed by atoms with E-state index in [1.165, 1.54) is 30.1 Å². The lowest BCUT2D eigenvalue weighted by Gasteiger charge is -2.01. The monoisotopic (exact) mass is 235 g/mol. The Morgan fingerprint density at radius 2 is 2.19 bits per heavy atom. The molecule has 0 saturated carbocycles. The van der Waals surface area contributed by atoms with Crippen molar-refractivity contribution in [2.75, 3.05) is 11.1 Å². The fourth-order valence-corrected chi connectivity index (χ4v) is 1.70. The van der Waals surface area contributed by atoms with E-state index >= 15 is 0 Å². The number of nitrogen functional groups attached to an aromatic ring is 1. The van der Waals surface area contributed by atoms with E-state index in [-0.39, 0.29) is 12.3 Å². The summed E-state index contributed by atoms with van der Waals surface area (Å²) in [5.41, 5.74) is 6.69. The van der Waals surface area contributed by atoms with Crippen LogP contribution in [0.2, 0.25) is 0 Å². The molecule has 7 heteroatoms. The maximum atomic E-state index is 11.5. The third-order valence-electron chi connectivity index (χ3n) is 1.76. The normalized spacial score (nSPS) is 10.0. The molecule has 0 spiro atoms. The van der Waals surface area contributed by atoms with Gasteiger partial charge in [-0.05, 0) is 0 Å². The molecule has 2 rings (SSSR count). The van der Waals surface area contributed by atoms with Crippen molar-refractivity contribution in [2.45, 2.75) is 6.42 Å². The Kier molecular flexibility index (Phi) is 3.06. The average Bonchev–Trinajstić information content (AvgIpc) is 2.65. The molecule has 0 saturated heterocycles. The van der Waals surface area contributed by atoms with Gasteiger partial charge in [0.25, 0.3) is 0 Å². The number of nitrogens with two attached hydrogens (primary N) is 1. The van der Waals surface area contributed by atoms with Crippen molar-refractivity contribution in [1.29, 1.82) is 0 Å². The maximum Gasteiger partial charge on any atom is 0.230 e. The van der Waals surface area contributed by atoms with Gasteiger partial charge in [0.15, 0.2) is 5.13 Å². The van der Waals surface area contributed by atoms with Gasteiger partial charge in [0.1, 0.15) is 6.33 Å². The highest BCUT2D eigenvalue weighted by Gasteiger charge is 2.06. The number of carbonyl (C=O) groups excluding carboxylic acids is 1. The van der Waals surface area contributed by atoms with Gasteiger partial charge in [0.05, 0.1) is 30.2 Å². The van der Waals surface area contributed by atoms with E-state index in [1.54, 1.807) is 5.38 Å². The van der Waals surface area contributed by atoms with E-state index < -0.39 is 0 Å². The Morgan fingerprint density at radius 3 is 2.81 bits per heavy atom. The molecule has 82 valence electrons. The van der Waals surface area contributed by atoms with Crippen LogP contribution in [0.1, 0.15) is 5.69 Å². The minimum Gasteiger partial charge on any atom is -0.375 e. The molecule has 1 amide bonds. The van der Waals surface area contributed by atoms with Gasteiger partial charge in [0, 0.05) is 5.38 Å². The summed E-state index contributed by atoms with van der Waals surface area (Å²) in [5.74, 6) is -0.167. The average molecular weight is 235 g/mol. The van der Waals surface area contributed by atoms with Crippen LogP contribution in [-0.4, -0.2) is 20.9 Å². The molecule has 0 aliphatic rings. The first kappa shape index (κ1) is 10.5. The summed E-state index contributed by atoms with van der Waals surface area (Å²) in [7, 11) is 0. The van der Waals surface area contributed by atoms with Crippen LogP contribution in [0.5, 0.6) is 0 Å². The van der Waals surface area contributed by atoms with Gasteiger partial charge in [-0.3, -0.25) is 4.79 Å². The lowest BCUT2D eigenvalue weighted by atomic mass is 10.3. The zero-order valence-corrected chi connectivity index (χ0v) is 9.07. The van der Waals surface area contributed by atoms with Crippen LogP contribution in [0, 0.1) is 0 Å². The maximum absolute atomic E-state index is 11.5. The molecule has 0 atom stereocenters. The molecule has 0 aliphatic heterocycles. The largest absolute Gasteiger partial charge is 0.375 e. The first-order valence-electron chi connectivity index (χ1n) is 4.49. The van der Waals surface area contributed by atoms with Crippen molar-refractivity contribution >= 4 is 28.1 Å². The third kappa shape index (κ3) is 2.74. The molecule has 2 heterocycles. The molecule has 2 aromatic heterocycles. The summed E-state index contributed by atoms with van der Waals surface area (Å²) in [5, 5.41) is 4.88. The van der Waals surface area contributed by atoms with Crippen LogP contribution >= 0.6 is 11.3 Å². The number of hydrogen-bond acceptors (Lipinski definition) is 6. The van der Waals surface area contributed by atoms with Crippen molar-refractivity contribution in [1.82, 2.24) is 15.0 Å². The summed E-state index contributed by atoms with van der Waals surface area (Å²) in [6.07, 6.45) is 4.65. The van der Waals surface area contributed by atoms with Gasteiger partial charge >= 0.3 is 0 Å². The Morgan fingerprint density at radius 1 is 1.44 bits per heavy atom. The molecular formula is C9H9N5OS. The zero-order valence-electron chi connectivity index (χ0n) is 8.25. The van der Waals surface area contributed by atoms with Crippen molar-refractivity contribution in [2.24, 2.45) is 0 Å². The number of rotatable bonds is 3. The zero-order chi connectivity index (χ0) is 11.4. The van der Waals surface area contributed by atoms with Gasteiger partial charge in [-0.1, -0.05) is 0 Å². The molecule has 0 aliphatic carbocycles. The highest BCUT2D eigenvalue weighted by molar-refractivity contribution is 7.13. The number of nitrogens with one attached hydrogen (secondary N) is 1. The number of anilines is 2. The van der Waals surface area contributed by atoms with E-state index in [9.17, 15) is 4.79 Å². The van der Waals surface area contributed by atoms with Crippen molar-refractivity contribution in [3.63, 3.8) is 0 Å². The number of hydrogen-bond donors (Lipinski definition) is 2. The van der Waals surface area contributed by atoms with Crippen molar-refractivity contribution in [3.05, 3.63) is 29.8 Å². The minimum atomic E-state index is -0.167. The van der Waals surface area contributed by atoms with E-state index in [4.69, 9.17) is 5.73 Å². The molecule has 3 N–H and O–H groups in total. The fourth-order valence-electron chi connectivity index (χ4n) is 1.14. The first-order chi connectivity index (χ1) is 7.74. The molecule has 2 aromatic rings. The predicted octanol–water partition coefficient (Wildman–Crippen LogP) is 0.696.